The maximum absolute atomic E-state index is 12.3. The number of esters is 1. The summed E-state index contributed by atoms with van der Waals surface area (Å²) in [4.78, 5) is 12.3. The van der Waals surface area contributed by atoms with Gasteiger partial charge in [-0.1, -0.05) is 20.8 Å². The molecule has 0 N–H and O–H groups in total. The molecule has 0 aromatic rings. The second-order valence-corrected chi connectivity index (χ2v) is 7.86. The number of carbonyl (C=O) groups excluding carboxylic acids is 1. The Morgan fingerprint density at radius 2 is 1.82 bits per heavy atom. The molecule has 1 atom stereocenters. The van der Waals surface area contributed by atoms with Gasteiger partial charge in [0.2, 0.25) is 0 Å². The van der Waals surface area contributed by atoms with Crippen molar-refractivity contribution < 1.29 is 19.0 Å². The van der Waals surface area contributed by atoms with E-state index in [-0.39, 0.29) is 16.8 Å². The highest BCUT2D eigenvalue weighted by atomic mass is 16.7. The first kappa shape index (κ1) is 16.0. The van der Waals surface area contributed by atoms with Crippen molar-refractivity contribution in [1.29, 1.82) is 0 Å². The third-order valence-corrected chi connectivity index (χ3v) is 5.59. The lowest BCUT2D eigenvalue weighted by molar-refractivity contribution is -0.332. The fourth-order valence-corrected chi connectivity index (χ4v) is 4.28. The predicted molar refractivity (Wildman–Crippen MR) is 83.3 cm³/mol. The number of carbonyl (C=O) groups is 1. The maximum Gasteiger partial charge on any atom is 0.333 e. The largest absolute Gasteiger partial charge is 0.463 e. The molecular weight excluding hydrogens is 280 g/mol. The SMILES string of the molecule is CCOC(=O)C1=C2CCC3(OCC(C)(C)CO3)[C@@]2(C)CCC1. The van der Waals surface area contributed by atoms with Gasteiger partial charge in [0.25, 0.3) is 0 Å². The average Bonchev–Trinajstić information content (AvgIpc) is 2.76. The fraction of sp³-hybridized carbons (Fsp3) is 0.833. The molecule has 2 fully saturated rings. The van der Waals surface area contributed by atoms with Crippen molar-refractivity contribution in [2.45, 2.75) is 65.6 Å². The summed E-state index contributed by atoms with van der Waals surface area (Å²) in [5.74, 6) is -0.688. The molecule has 22 heavy (non-hydrogen) atoms. The van der Waals surface area contributed by atoms with Gasteiger partial charge in [0.15, 0.2) is 5.79 Å². The molecule has 0 radical (unpaired) electrons. The van der Waals surface area contributed by atoms with Crippen LogP contribution in [0.1, 0.15) is 59.8 Å². The second kappa shape index (κ2) is 5.34. The van der Waals surface area contributed by atoms with Crippen molar-refractivity contribution in [2.75, 3.05) is 19.8 Å². The van der Waals surface area contributed by atoms with Crippen LogP contribution in [0.3, 0.4) is 0 Å². The molecule has 0 bridgehead atoms. The average molecular weight is 308 g/mol. The minimum atomic E-state index is -0.546. The van der Waals surface area contributed by atoms with E-state index >= 15 is 0 Å². The van der Waals surface area contributed by atoms with Crippen LogP contribution in [-0.2, 0) is 19.0 Å². The number of rotatable bonds is 2. The van der Waals surface area contributed by atoms with Gasteiger partial charge in [0.05, 0.1) is 19.8 Å². The number of ether oxygens (including phenoxy) is 3. The summed E-state index contributed by atoms with van der Waals surface area (Å²) in [7, 11) is 0. The molecule has 1 saturated heterocycles. The van der Waals surface area contributed by atoms with Crippen LogP contribution in [-0.4, -0.2) is 31.6 Å². The summed E-state index contributed by atoms with van der Waals surface area (Å²) in [6, 6.07) is 0. The first-order valence-corrected chi connectivity index (χ1v) is 8.51. The van der Waals surface area contributed by atoms with Gasteiger partial charge < -0.3 is 14.2 Å². The molecule has 124 valence electrons. The topological polar surface area (TPSA) is 44.8 Å². The van der Waals surface area contributed by atoms with Gasteiger partial charge in [0.1, 0.15) is 0 Å². The molecule has 2 aliphatic carbocycles. The van der Waals surface area contributed by atoms with E-state index in [1.165, 1.54) is 5.57 Å². The first-order valence-electron chi connectivity index (χ1n) is 8.51. The summed E-state index contributed by atoms with van der Waals surface area (Å²) >= 11 is 0. The van der Waals surface area contributed by atoms with E-state index in [4.69, 9.17) is 14.2 Å². The Hall–Kier alpha value is -0.870. The van der Waals surface area contributed by atoms with Crippen molar-refractivity contribution in [2.24, 2.45) is 10.8 Å². The number of hydrogen-bond acceptors (Lipinski definition) is 4. The highest BCUT2D eigenvalue weighted by Gasteiger charge is 2.60. The van der Waals surface area contributed by atoms with Crippen LogP contribution in [0.25, 0.3) is 0 Å². The maximum atomic E-state index is 12.3. The molecular formula is C18H28O4. The molecule has 3 aliphatic rings. The predicted octanol–water partition coefficient (Wildman–Crippen LogP) is 3.60. The van der Waals surface area contributed by atoms with E-state index in [9.17, 15) is 4.79 Å². The van der Waals surface area contributed by atoms with Crippen LogP contribution in [0.5, 0.6) is 0 Å². The highest BCUT2D eigenvalue weighted by molar-refractivity contribution is 5.90. The summed E-state index contributed by atoms with van der Waals surface area (Å²) in [6.45, 7) is 10.3. The zero-order valence-corrected chi connectivity index (χ0v) is 14.3. The van der Waals surface area contributed by atoms with Crippen molar-refractivity contribution in [3.8, 4) is 0 Å². The molecule has 1 spiro atoms. The summed E-state index contributed by atoms with van der Waals surface area (Å²) in [5, 5.41) is 0. The monoisotopic (exact) mass is 308 g/mol. The van der Waals surface area contributed by atoms with E-state index in [0.29, 0.717) is 19.8 Å². The standard InChI is InChI=1S/C18H28O4/c1-5-20-15(19)13-7-6-9-17(4)14(13)8-10-18(17)21-11-16(2,3)12-22-18/h5-12H2,1-4H3/t17-/m0/s1. The molecule has 4 nitrogen and oxygen atoms in total. The van der Waals surface area contributed by atoms with Gasteiger partial charge >= 0.3 is 5.97 Å². The number of hydrogen-bond donors (Lipinski definition) is 0. The van der Waals surface area contributed by atoms with E-state index in [2.05, 4.69) is 20.8 Å². The summed E-state index contributed by atoms with van der Waals surface area (Å²) < 4.78 is 17.9. The minimum Gasteiger partial charge on any atom is -0.463 e. The highest BCUT2D eigenvalue weighted by Crippen LogP contribution is 2.60. The van der Waals surface area contributed by atoms with Gasteiger partial charge in [-0.15, -0.1) is 0 Å². The minimum absolute atomic E-state index is 0.0622. The van der Waals surface area contributed by atoms with Crippen molar-refractivity contribution in [3.05, 3.63) is 11.1 Å². The molecule has 0 aromatic heterocycles. The number of fused-ring (bicyclic) bond motifs is 2. The second-order valence-electron chi connectivity index (χ2n) is 7.86. The van der Waals surface area contributed by atoms with Crippen molar-refractivity contribution in [3.63, 3.8) is 0 Å². The van der Waals surface area contributed by atoms with Crippen LogP contribution >= 0.6 is 0 Å². The van der Waals surface area contributed by atoms with E-state index in [1.807, 2.05) is 6.92 Å². The smallest absolute Gasteiger partial charge is 0.333 e. The third kappa shape index (κ3) is 2.31. The molecule has 1 heterocycles. The van der Waals surface area contributed by atoms with E-state index in [0.717, 1.165) is 37.7 Å². The molecule has 0 amide bonds. The van der Waals surface area contributed by atoms with Crippen LogP contribution in [0.2, 0.25) is 0 Å². The Morgan fingerprint density at radius 3 is 2.45 bits per heavy atom. The van der Waals surface area contributed by atoms with Gasteiger partial charge in [-0.25, -0.2) is 4.79 Å². The Morgan fingerprint density at radius 1 is 1.14 bits per heavy atom. The van der Waals surface area contributed by atoms with E-state index < -0.39 is 5.79 Å². The molecule has 0 unspecified atom stereocenters. The van der Waals surface area contributed by atoms with Crippen LogP contribution in [0.4, 0.5) is 0 Å². The molecule has 1 saturated carbocycles. The Labute approximate surface area is 133 Å². The quantitative estimate of drug-likeness (QED) is 0.731. The Kier molecular flexibility index (Phi) is 3.89. The summed E-state index contributed by atoms with van der Waals surface area (Å²) in [5.41, 5.74) is 1.97. The normalized spacial score (nSPS) is 32.9. The molecule has 3 rings (SSSR count). The van der Waals surface area contributed by atoms with Gasteiger partial charge in [0, 0.05) is 22.8 Å². The van der Waals surface area contributed by atoms with Crippen LogP contribution in [0, 0.1) is 10.8 Å². The fourth-order valence-electron chi connectivity index (χ4n) is 4.28. The Balaban J connectivity index is 1.93. The zero-order valence-electron chi connectivity index (χ0n) is 14.3. The van der Waals surface area contributed by atoms with E-state index in [1.54, 1.807) is 0 Å². The Bertz CT molecular complexity index is 495. The molecule has 0 aromatic carbocycles. The first-order chi connectivity index (χ1) is 10.3. The zero-order chi connectivity index (χ0) is 16.0. The van der Waals surface area contributed by atoms with Crippen LogP contribution in [0.15, 0.2) is 11.1 Å². The summed E-state index contributed by atoms with van der Waals surface area (Å²) in [6.07, 6.45) is 4.56. The van der Waals surface area contributed by atoms with Crippen molar-refractivity contribution in [1.82, 2.24) is 0 Å². The van der Waals surface area contributed by atoms with Crippen molar-refractivity contribution >= 4 is 5.97 Å². The lowest BCUT2D eigenvalue weighted by Crippen LogP contribution is -2.55. The van der Waals surface area contributed by atoms with Crippen LogP contribution < -0.4 is 0 Å². The lowest BCUT2D eigenvalue weighted by atomic mass is 9.69. The van der Waals surface area contributed by atoms with Gasteiger partial charge in [-0.05, 0) is 38.2 Å². The molecule has 1 aliphatic heterocycles. The third-order valence-electron chi connectivity index (χ3n) is 5.59. The van der Waals surface area contributed by atoms with Gasteiger partial charge in [-0.2, -0.15) is 0 Å². The van der Waals surface area contributed by atoms with Gasteiger partial charge in [-0.3, -0.25) is 0 Å². The lowest BCUT2D eigenvalue weighted by Gasteiger charge is -2.50. The molecule has 4 heteroatoms.